The molecule has 0 fully saturated rings. The van der Waals surface area contributed by atoms with Gasteiger partial charge in [0.25, 0.3) is 0 Å². The number of ketones is 1. The van der Waals surface area contributed by atoms with Gasteiger partial charge in [-0.3, -0.25) is 4.79 Å². The number of alkyl halides is 3. The summed E-state index contributed by atoms with van der Waals surface area (Å²) in [5, 5.41) is 19.5. The van der Waals surface area contributed by atoms with Crippen molar-refractivity contribution in [2.24, 2.45) is 4.99 Å². The van der Waals surface area contributed by atoms with Crippen molar-refractivity contribution in [3.8, 4) is 6.07 Å². The number of aliphatic hydroxyl groups is 1. The van der Waals surface area contributed by atoms with E-state index in [1.165, 1.54) is 24.3 Å². The maximum atomic E-state index is 13.1. The number of benzene rings is 2. The van der Waals surface area contributed by atoms with E-state index in [-0.39, 0.29) is 11.1 Å². The molecule has 2 aromatic carbocycles. The van der Waals surface area contributed by atoms with Crippen LogP contribution in [0.3, 0.4) is 0 Å². The lowest BCUT2D eigenvalue weighted by molar-refractivity contribution is -0.137. The number of allylic oxidation sites excluding steroid dienone is 1. The van der Waals surface area contributed by atoms with Crippen LogP contribution in [-0.4, -0.2) is 16.6 Å². The highest BCUT2D eigenvalue weighted by Crippen LogP contribution is 2.37. The monoisotopic (exact) mass is 342 g/mol. The average Bonchev–Trinajstić information content (AvgIpc) is 2.84. The number of para-hydroxylation sites is 1. The number of Topliss-reactive ketones (excluding diaryl/α,β-unsaturated/α-hetero) is 1. The zero-order valence-electron chi connectivity index (χ0n) is 12.5. The van der Waals surface area contributed by atoms with Gasteiger partial charge < -0.3 is 5.11 Å². The maximum absolute atomic E-state index is 13.1. The van der Waals surface area contributed by atoms with E-state index in [9.17, 15) is 28.3 Å². The van der Waals surface area contributed by atoms with Crippen LogP contribution in [0.4, 0.5) is 18.9 Å². The molecule has 3 rings (SSSR count). The van der Waals surface area contributed by atoms with Gasteiger partial charge in [0, 0.05) is 11.1 Å². The third-order valence-corrected chi connectivity index (χ3v) is 3.68. The second-order valence-electron chi connectivity index (χ2n) is 5.19. The first-order chi connectivity index (χ1) is 11.8. The van der Waals surface area contributed by atoms with Crippen LogP contribution in [0.25, 0.3) is 5.76 Å². The first-order valence-electron chi connectivity index (χ1n) is 7.07. The van der Waals surface area contributed by atoms with Gasteiger partial charge in [0.2, 0.25) is 0 Å². The summed E-state index contributed by atoms with van der Waals surface area (Å²) < 4.78 is 39.2. The summed E-state index contributed by atoms with van der Waals surface area (Å²) in [7, 11) is 0. The molecule has 0 heterocycles. The number of carbonyl (C=O) groups is 1. The quantitative estimate of drug-likeness (QED) is 0.819. The van der Waals surface area contributed by atoms with Crippen LogP contribution in [0.2, 0.25) is 0 Å². The van der Waals surface area contributed by atoms with Gasteiger partial charge in [-0.2, -0.15) is 18.4 Å². The predicted octanol–water partition coefficient (Wildman–Crippen LogP) is 4.47. The zero-order valence-corrected chi connectivity index (χ0v) is 12.5. The lowest BCUT2D eigenvalue weighted by Gasteiger charge is -2.09. The summed E-state index contributed by atoms with van der Waals surface area (Å²) in [6, 6.07) is 12.2. The molecule has 0 atom stereocenters. The second-order valence-corrected chi connectivity index (χ2v) is 5.19. The van der Waals surface area contributed by atoms with Gasteiger partial charge >= 0.3 is 6.18 Å². The van der Waals surface area contributed by atoms with Gasteiger partial charge in [-0.05, 0) is 12.1 Å². The molecule has 1 aliphatic carbocycles. The van der Waals surface area contributed by atoms with Crippen molar-refractivity contribution in [1.82, 2.24) is 0 Å². The number of nitriles is 1. The Balaban J connectivity index is 2.16. The van der Waals surface area contributed by atoms with Gasteiger partial charge in [0.05, 0.1) is 11.3 Å². The van der Waals surface area contributed by atoms with Crippen molar-refractivity contribution in [3.63, 3.8) is 0 Å². The molecule has 0 saturated carbocycles. The molecule has 25 heavy (non-hydrogen) atoms. The van der Waals surface area contributed by atoms with Gasteiger partial charge in [-0.25, -0.2) is 4.99 Å². The van der Waals surface area contributed by atoms with Crippen molar-refractivity contribution in [2.75, 3.05) is 0 Å². The molecule has 7 heteroatoms. The number of hydrogen-bond acceptors (Lipinski definition) is 4. The molecule has 0 aromatic heterocycles. The smallest absolute Gasteiger partial charge is 0.418 e. The Morgan fingerprint density at radius 1 is 1.04 bits per heavy atom. The molecule has 2 aromatic rings. The standard InChI is InChI=1S/C18H9F3N2O2/c19-18(20,21)12-7-3-4-8-13(12)23-14(9-22)15-16(24)10-5-1-2-6-11(10)17(15)25/h1-8,24H. The first kappa shape index (κ1) is 16.5. The van der Waals surface area contributed by atoms with Crippen molar-refractivity contribution in [1.29, 1.82) is 5.26 Å². The summed E-state index contributed by atoms with van der Waals surface area (Å²) in [6.07, 6.45) is -4.67. The molecule has 1 N–H and O–H groups in total. The van der Waals surface area contributed by atoms with Crippen molar-refractivity contribution >= 4 is 22.9 Å². The van der Waals surface area contributed by atoms with Gasteiger partial charge in [-0.1, -0.05) is 36.4 Å². The van der Waals surface area contributed by atoms with E-state index in [0.29, 0.717) is 0 Å². The fourth-order valence-corrected chi connectivity index (χ4v) is 2.55. The van der Waals surface area contributed by atoms with E-state index >= 15 is 0 Å². The summed E-state index contributed by atoms with van der Waals surface area (Å²) in [6.45, 7) is 0. The van der Waals surface area contributed by atoms with Crippen LogP contribution in [0.5, 0.6) is 0 Å². The van der Waals surface area contributed by atoms with Crippen LogP contribution < -0.4 is 0 Å². The SMILES string of the molecule is N#CC(=Nc1ccccc1C(F)(F)F)C1=C(O)c2ccccc2C1=O. The normalized spacial score (nSPS) is 14.5. The van der Waals surface area contributed by atoms with Crippen LogP contribution >= 0.6 is 0 Å². The minimum Gasteiger partial charge on any atom is -0.506 e. The highest BCUT2D eigenvalue weighted by Gasteiger charge is 2.35. The molecule has 124 valence electrons. The molecule has 0 saturated heterocycles. The number of carbonyl (C=O) groups excluding carboxylic acids is 1. The topological polar surface area (TPSA) is 73.4 Å². The van der Waals surface area contributed by atoms with E-state index < -0.39 is 40.3 Å². The predicted molar refractivity (Wildman–Crippen MR) is 84.5 cm³/mol. The largest absolute Gasteiger partial charge is 0.506 e. The molecule has 1 aliphatic rings. The molecular formula is C18H9F3N2O2. The first-order valence-corrected chi connectivity index (χ1v) is 7.07. The van der Waals surface area contributed by atoms with Crippen molar-refractivity contribution in [2.45, 2.75) is 6.18 Å². The summed E-state index contributed by atoms with van der Waals surface area (Å²) in [5.74, 6) is -1.12. The molecular weight excluding hydrogens is 333 g/mol. The highest BCUT2D eigenvalue weighted by atomic mass is 19.4. The Kier molecular flexibility index (Phi) is 3.89. The highest BCUT2D eigenvalue weighted by molar-refractivity contribution is 6.39. The Hall–Kier alpha value is -3.40. The Morgan fingerprint density at radius 3 is 2.24 bits per heavy atom. The fraction of sp³-hybridized carbons (Fsp3) is 0.0556. The zero-order chi connectivity index (χ0) is 18.2. The number of aliphatic hydroxyl groups excluding tert-OH is 1. The number of rotatable bonds is 2. The lowest BCUT2D eigenvalue weighted by atomic mass is 10.1. The summed E-state index contributed by atoms with van der Waals surface area (Å²) in [4.78, 5) is 16.1. The minimum atomic E-state index is -4.67. The van der Waals surface area contributed by atoms with E-state index in [0.717, 1.165) is 12.1 Å². The third kappa shape index (κ3) is 2.78. The van der Waals surface area contributed by atoms with E-state index in [1.807, 2.05) is 0 Å². The van der Waals surface area contributed by atoms with E-state index in [1.54, 1.807) is 18.2 Å². The van der Waals surface area contributed by atoms with Crippen LogP contribution in [0, 0.1) is 11.3 Å². The van der Waals surface area contributed by atoms with Crippen LogP contribution in [0.15, 0.2) is 59.1 Å². The number of fused-ring (bicyclic) bond motifs is 1. The van der Waals surface area contributed by atoms with Crippen LogP contribution in [-0.2, 0) is 6.18 Å². The Labute approximate surface area is 140 Å². The summed E-state index contributed by atoms with van der Waals surface area (Å²) in [5.41, 5.74) is -2.13. The van der Waals surface area contributed by atoms with Gasteiger partial charge in [-0.15, -0.1) is 0 Å². The van der Waals surface area contributed by atoms with Crippen molar-refractivity contribution in [3.05, 3.63) is 70.8 Å². The number of halogens is 3. The molecule has 0 aliphatic heterocycles. The lowest BCUT2D eigenvalue weighted by Crippen LogP contribution is -2.10. The van der Waals surface area contributed by atoms with Gasteiger partial charge in [0.15, 0.2) is 11.5 Å². The molecule has 4 nitrogen and oxygen atoms in total. The molecule has 0 unspecified atom stereocenters. The number of aliphatic imine (C=N–C) groups is 1. The molecule has 0 bridgehead atoms. The maximum Gasteiger partial charge on any atom is 0.418 e. The van der Waals surface area contributed by atoms with E-state index in [4.69, 9.17) is 0 Å². The minimum absolute atomic E-state index is 0.169. The Bertz CT molecular complexity index is 982. The Morgan fingerprint density at radius 2 is 1.64 bits per heavy atom. The van der Waals surface area contributed by atoms with Crippen molar-refractivity contribution < 1.29 is 23.1 Å². The number of nitrogens with zero attached hydrogens (tertiary/aromatic N) is 2. The van der Waals surface area contributed by atoms with E-state index in [2.05, 4.69) is 4.99 Å². The number of hydrogen-bond donors (Lipinski definition) is 1. The second kappa shape index (κ2) is 5.91. The van der Waals surface area contributed by atoms with Crippen LogP contribution in [0.1, 0.15) is 21.5 Å². The molecule has 0 radical (unpaired) electrons. The third-order valence-electron chi connectivity index (χ3n) is 3.68. The average molecular weight is 342 g/mol. The molecule has 0 spiro atoms. The fourth-order valence-electron chi connectivity index (χ4n) is 2.55. The molecule has 0 amide bonds. The summed E-state index contributed by atoms with van der Waals surface area (Å²) >= 11 is 0. The van der Waals surface area contributed by atoms with Gasteiger partial charge in [0.1, 0.15) is 17.4 Å².